The van der Waals surface area contributed by atoms with Crippen LogP contribution in [0.5, 0.6) is 0 Å². The van der Waals surface area contributed by atoms with Crippen molar-refractivity contribution in [2.75, 3.05) is 11.1 Å². The fourth-order valence-electron chi connectivity index (χ4n) is 2.16. The van der Waals surface area contributed by atoms with Crippen molar-refractivity contribution in [3.05, 3.63) is 48.0 Å². The molecular formula is C17H18N2O4S. The molecule has 24 heavy (non-hydrogen) atoms. The summed E-state index contributed by atoms with van der Waals surface area (Å²) in [5.74, 6) is -0.405. The number of rotatable bonds is 5. The van der Waals surface area contributed by atoms with Gasteiger partial charge in [0, 0.05) is 18.9 Å². The molecule has 6 nitrogen and oxygen atoms in total. The molecule has 0 unspecified atom stereocenters. The molecule has 0 aromatic heterocycles. The number of nitrogens with one attached hydrogen (secondary N) is 1. The van der Waals surface area contributed by atoms with Crippen molar-refractivity contribution in [1.82, 2.24) is 0 Å². The summed E-state index contributed by atoms with van der Waals surface area (Å²) in [6.07, 6.45) is 0.351. The van der Waals surface area contributed by atoms with Gasteiger partial charge in [0.05, 0.1) is 21.2 Å². The van der Waals surface area contributed by atoms with Crippen LogP contribution in [0, 0.1) is 0 Å². The van der Waals surface area contributed by atoms with E-state index in [1.807, 2.05) is 0 Å². The van der Waals surface area contributed by atoms with Gasteiger partial charge in [0.2, 0.25) is 15.7 Å². The van der Waals surface area contributed by atoms with Gasteiger partial charge in [-0.15, -0.1) is 0 Å². The lowest BCUT2D eigenvalue weighted by Gasteiger charge is -2.10. The Morgan fingerprint density at radius 1 is 1.04 bits per heavy atom. The highest BCUT2D eigenvalue weighted by Crippen LogP contribution is 2.27. The SMILES string of the molecule is CCC(=O)c1ccc(S(=O)(=O)c2ccc(N)c(NC(C)=O)c2)cc1. The molecule has 0 heterocycles. The second-order valence-corrected chi connectivity index (χ2v) is 7.18. The minimum atomic E-state index is -3.78. The Labute approximate surface area is 140 Å². The number of sulfone groups is 1. The molecule has 0 fully saturated rings. The summed E-state index contributed by atoms with van der Waals surface area (Å²) in [6.45, 7) is 3.05. The topological polar surface area (TPSA) is 106 Å². The summed E-state index contributed by atoms with van der Waals surface area (Å²) in [5, 5.41) is 2.50. The summed E-state index contributed by atoms with van der Waals surface area (Å²) in [4.78, 5) is 22.9. The van der Waals surface area contributed by atoms with Gasteiger partial charge in [0.1, 0.15) is 0 Å². The third-order valence-corrected chi connectivity index (χ3v) is 5.22. The van der Waals surface area contributed by atoms with Gasteiger partial charge in [-0.3, -0.25) is 9.59 Å². The number of carbonyl (C=O) groups is 2. The van der Waals surface area contributed by atoms with Crippen LogP contribution in [0.3, 0.4) is 0 Å². The lowest BCUT2D eigenvalue weighted by atomic mass is 10.1. The van der Waals surface area contributed by atoms with Crippen LogP contribution in [-0.4, -0.2) is 20.1 Å². The van der Waals surface area contributed by atoms with Gasteiger partial charge in [-0.05, 0) is 30.3 Å². The van der Waals surface area contributed by atoms with Gasteiger partial charge in [0.15, 0.2) is 5.78 Å². The number of anilines is 2. The Hall–Kier alpha value is -2.67. The minimum absolute atomic E-state index is 0.00928. The van der Waals surface area contributed by atoms with Crippen molar-refractivity contribution in [1.29, 1.82) is 0 Å². The Morgan fingerprint density at radius 3 is 2.17 bits per heavy atom. The van der Waals surface area contributed by atoms with Crippen molar-refractivity contribution in [2.24, 2.45) is 0 Å². The number of carbonyl (C=O) groups excluding carboxylic acids is 2. The molecule has 0 spiro atoms. The lowest BCUT2D eigenvalue weighted by molar-refractivity contribution is -0.114. The fraction of sp³-hybridized carbons (Fsp3) is 0.176. The van der Waals surface area contributed by atoms with E-state index in [-0.39, 0.29) is 32.9 Å². The standard InChI is InChI=1S/C17H18N2O4S/c1-3-17(21)12-4-6-13(7-5-12)24(22,23)14-8-9-15(18)16(10-14)19-11(2)20/h4-10H,3,18H2,1-2H3,(H,19,20). The van der Waals surface area contributed by atoms with Crippen molar-refractivity contribution in [3.8, 4) is 0 Å². The molecule has 126 valence electrons. The number of hydrogen-bond donors (Lipinski definition) is 2. The summed E-state index contributed by atoms with van der Waals surface area (Å²) in [7, 11) is -3.78. The van der Waals surface area contributed by atoms with Gasteiger partial charge in [0.25, 0.3) is 0 Å². The summed E-state index contributed by atoms with van der Waals surface area (Å²) >= 11 is 0. The average molecular weight is 346 g/mol. The number of hydrogen-bond acceptors (Lipinski definition) is 5. The number of benzene rings is 2. The van der Waals surface area contributed by atoms with Crippen LogP contribution in [-0.2, 0) is 14.6 Å². The maximum absolute atomic E-state index is 12.7. The summed E-state index contributed by atoms with van der Waals surface area (Å²) in [5.41, 5.74) is 6.72. The zero-order chi connectivity index (χ0) is 17.9. The Morgan fingerprint density at radius 2 is 1.62 bits per heavy atom. The number of amides is 1. The molecule has 0 atom stereocenters. The van der Waals surface area contributed by atoms with Crippen molar-refractivity contribution in [3.63, 3.8) is 0 Å². The molecule has 0 saturated heterocycles. The number of nitrogen functional groups attached to an aromatic ring is 1. The van der Waals surface area contributed by atoms with E-state index in [0.29, 0.717) is 12.0 Å². The largest absolute Gasteiger partial charge is 0.397 e. The first-order chi connectivity index (χ1) is 11.3. The quantitative estimate of drug-likeness (QED) is 0.639. The lowest BCUT2D eigenvalue weighted by Crippen LogP contribution is -2.10. The molecule has 0 bridgehead atoms. The van der Waals surface area contributed by atoms with Crippen LogP contribution in [0.1, 0.15) is 30.6 Å². The van der Waals surface area contributed by atoms with Crippen LogP contribution < -0.4 is 11.1 Å². The molecule has 2 aromatic rings. The molecule has 0 aliphatic rings. The first-order valence-electron chi connectivity index (χ1n) is 7.31. The molecule has 0 radical (unpaired) electrons. The van der Waals surface area contributed by atoms with E-state index in [2.05, 4.69) is 5.32 Å². The second-order valence-electron chi connectivity index (χ2n) is 5.23. The van der Waals surface area contributed by atoms with E-state index in [1.54, 1.807) is 6.92 Å². The van der Waals surface area contributed by atoms with Crippen molar-refractivity contribution >= 4 is 32.9 Å². The zero-order valence-corrected chi connectivity index (χ0v) is 14.2. The van der Waals surface area contributed by atoms with Gasteiger partial charge >= 0.3 is 0 Å². The van der Waals surface area contributed by atoms with E-state index in [9.17, 15) is 18.0 Å². The molecule has 0 aliphatic heterocycles. The van der Waals surface area contributed by atoms with Gasteiger partial charge in [-0.2, -0.15) is 0 Å². The van der Waals surface area contributed by atoms with Gasteiger partial charge in [-0.25, -0.2) is 8.42 Å². The molecule has 2 rings (SSSR count). The van der Waals surface area contributed by atoms with Crippen LogP contribution in [0.25, 0.3) is 0 Å². The van der Waals surface area contributed by atoms with Crippen LogP contribution >= 0.6 is 0 Å². The van der Waals surface area contributed by atoms with E-state index >= 15 is 0 Å². The highest BCUT2D eigenvalue weighted by atomic mass is 32.2. The van der Waals surface area contributed by atoms with E-state index in [4.69, 9.17) is 5.73 Å². The maximum Gasteiger partial charge on any atom is 0.221 e. The fourth-order valence-corrected chi connectivity index (χ4v) is 3.45. The summed E-state index contributed by atoms with van der Waals surface area (Å²) in [6, 6.07) is 9.89. The first-order valence-corrected chi connectivity index (χ1v) is 8.79. The van der Waals surface area contributed by atoms with Gasteiger partial charge < -0.3 is 11.1 Å². The molecule has 2 aromatic carbocycles. The minimum Gasteiger partial charge on any atom is -0.397 e. The third-order valence-electron chi connectivity index (χ3n) is 3.45. The van der Waals surface area contributed by atoms with Crippen LogP contribution in [0.2, 0.25) is 0 Å². The predicted octanol–water partition coefficient (Wildman–Crippen LogP) is 2.65. The molecule has 0 saturated carbocycles. The smallest absolute Gasteiger partial charge is 0.221 e. The highest BCUT2D eigenvalue weighted by Gasteiger charge is 2.19. The van der Waals surface area contributed by atoms with E-state index in [0.717, 1.165) is 0 Å². The van der Waals surface area contributed by atoms with E-state index < -0.39 is 9.84 Å². The Balaban J connectivity index is 2.43. The third kappa shape index (κ3) is 3.62. The number of ketones is 1. The molecule has 1 amide bonds. The van der Waals surface area contributed by atoms with Crippen LogP contribution in [0.15, 0.2) is 52.3 Å². The van der Waals surface area contributed by atoms with Crippen molar-refractivity contribution < 1.29 is 18.0 Å². The zero-order valence-electron chi connectivity index (χ0n) is 13.4. The first kappa shape index (κ1) is 17.7. The second kappa shape index (κ2) is 6.84. The normalized spacial score (nSPS) is 11.1. The van der Waals surface area contributed by atoms with Crippen molar-refractivity contribution in [2.45, 2.75) is 30.1 Å². The van der Waals surface area contributed by atoms with Crippen LogP contribution in [0.4, 0.5) is 11.4 Å². The predicted molar refractivity (Wildman–Crippen MR) is 91.7 cm³/mol. The maximum atomic E-state index is 12.7. The molecule has 3 N–H and O–H groups in total. The molecule has 7 heteroatoms. The summed E-state index contributed by atoms with van der Waals surface area (Å²) < 4.78 is 25.4. The highest BCUT2D eigenvalue weighted by molar-refractivity contribution is 7.91. The number of Topliss-reactive ketones (excluding diaryl/α,β-unsaturated/α-hetero) is 1. The Kier molecular flexibility index (Phi) is 5.04. The van der Waals surface area contributed by atoms with E-state index in [1.165, 1.54) is 49.4 Å². The number of nitrogens with two attached hydrogens (primary N) is 1. The Bertz CT molecular complexity index is 887. The monoisotopic (exact) mass is 346 g/mol. The average Bonchev–Trinajstić information content (AvgIpc) is 2.55. The molecule has 0 aliphatic carbocycles. The molecular weight excluding hydrogens is 328 g/mol. The van der Waals surface area contributed by atoms with Gasteiger partial charge in [-0.1, -0.05) is 19.1 Å².